The van der Waals surface area contributed by atoms with E-state index in [1.165, 1.54) is 11.8 Å². The van der Waals surface area contributed by atoms with Crippen LogP contribution in [-0.4, -0.2) is 26.8 Å². The van der Waals surface area contributed by atoms with Crippen molar-refractivity contribution >= 4 is 17.7 Å². The van der Waals surface area contributed by atoms with Gasteiger partial charge in [0.2, 0.25) is 11.1 Å². The molecule has 1 aromatic heterocycles. The van der Waals surface area contributed by atoms with Crippen LogP contribution in [0.2, 0.25) is 0 Å². The predicted octanol–water partition coefficient (Wildman–Crippen LogP) is 2.75. The van der Waals surface area contributed by atoms with Crippen LogP contribution in [-0.2, 0) is 4.79 Å². The molecule has 5 nitrogen and oxygen atoms in total. The van der Waals surface area contributed by atoms with E-state index in [-0.39, 0.29) is 23.1 Å². The summed E-state index contributed by atoms with van der Waals surface area (Å²) in [6, 6.07) is 2.83. The Morgan fingerprint density at radius 2 is 2.26 bits per heavy atom. The van der Waals surface area contributed by atoms with Crippen LogP contribution in [0.25, 0.3) is 0 Å². The smallest absolute Gasteiger partial charge is 0.230 e. The van der Waals surface area contributed by atoms with E-state index >= 15 is 0 Å². The quantitative estimate of drug-likeness (QED) is 0.795. The van der Waals surface area contributed by atoms with E-state index in [1.54, 1.807) is 6.92 Å². The van der Waals surface area contributed by atoms with Crippen LogP contribution in [0.1, 0.15) is 30.3 Å². The van der Waals surface area contributed by atoms with Gasteiger partial charge in [0.25, 0.3) is 0 Å². The number of rotatable bonds is 6. The molecule has 0 aliphatic heterocycles. The first kappa shape index (κ1) is 15.9. The Labute approximate surface area is 136 Å². The summed E-state index contributed by atoms with van der Waals surface area (Å²) in [5, 5.41) is 9.92. The van der Waals surface area contributed by atoms with Crippen LogP contribution in [0.3, 0.4) is 0 Å². The molecule has 8 heteroatoms. The number of benzene rings is 1. The van der Waals surface area contributed by atoms with Gasteiger partial charge in [0.1, 0.15) is 17.5 Å². The largest absolute Gasteiger partial charge is 0.348 e. The van der Waals surface area contributed by atoms with Gasteiger partial charge in [-0.15, -0.1) is 5.10 Å². The van der Waals surface area contributed by atoms with Crippen molar-refractivity contribution in [3.8, 4) is 0 Å². The predicted molar refractivity (Wildman–Crippen MR) is 81.8 cm³/mol. The summed E-state index contributed by atoms with van der Waals surface area (Å²) in [5.41, 5.74) is 0.208. The van der Waals surface area contributed by atoms with Crippen LogP contribution < -0.4 is 5.32 Å². The normalized spacial score (nSPS) is 15.4. The molecule has 1 amide bonds. The number of carbonyl (C=O) groups is 1. The molecule has 3 rings (SSSR count). The monoisotopic (exact) mass is 338 g/mol. The third-order valence-corrected chi connectivity index (χ3v) is 4.46. The number of nitrogens with one attached hydrogen (secondary N) is 2. The fraction of sp³-hybridized carbons (Fsp3) is 0.400. The molecular weight excluding hydrogens is 322 g/mol. The van der Waals surface area contributed by atoms with Gasteiger partial charge >= 0.3 is 0 Å². The second-order valence-electron chi connectivity index (χ2n) is 5.54. The van der Waals surface area contributed by atoms with E-state index in [1.807, 2.05) is 0 Å². The van der Waals surface area contributed by atoms with Gasteiger partial charge in [0.05, 0.1) is 11.8 Å². The Hall–Kier alpha value is -1.96. The van der Waals surface area contributed by atoms with Gasteiger partial charge < -0.3 is 5.32 Å². The zero-order valence-corrected chi connectivity index (χ0v) is 13.3. The Kier molecular flexibility index (Phi) is 4.61. The van der Waals surface area contributed by atoms with Crippen LogP contribution in [0.4, 0.5) is 8.78 Å². The molecule has 1 atom stereocenters. The first-order chi connectivity index (χ1) is 11.0. The molecule has 1 aliphatic rings. The summed E-state index contributed by atoms with van der Waals surface area (Å²) >= 11 is 1.19. The lowest BCUT2D eigenvalue weighted by atomic mass is 10.0. The molecule has 0 unspecified atom stereocenters. The van der Waals surface area contributed by atoms with Gasteiger partial charge in [-0.1, -0.05) is 11.8 Å². The average molecular weight is 338 g/mol. The van der Waals surface area contributed by atoms with Crippen LogP contribution in [0.5, 0.6) is 0 Å². The highest BCUT2D eigenvalue weighted by molar-refractivity contribution is 7.99. The van der Waals surface area contributed by atoms with Crippen LogP contribution in [0.15, 0.2) is 23.4 Å². The minimum absolute atomic E-state index is 0.122. The molecule has 0 spiro atoms. The zero-order chi connectivity index (χ0) is 16.4. The maximum atomic E-state index is 14.0. The summed E-state index contributed by atoms with van der Waals surface area (Å²) in [7, 11) is 0. The lowest BCUT2D eigenvalue weighted by Crippen LogP contribution is -2.32. The van der Waals surface area contributed by atoms with Crippen molar-refractivity contribution in [2.75, 3.05) is 5.75 Å². The summed E-state index contributed by atoms with van der Waals surface area (Å²) in [5.74, 6) is -0.306. The second-order valence-corrected chi connectivity index (χ2v) is 6.48. The molecule has 0 bridgehead atoms. The topological polar surface area (TPSA) is 70.7 Å². The Morgan fingerprint density at radius 1 is 1.48 bits per heavy atom. The zero-order valence-electron chi connectivity index (χ0n) is 12.5. The van der Waals surface area contributed by atoms with Gasteiger partial charge in [-0.2, -0.15) is 0 Å². The number of H-pyrrole nitrogens is 1. The highest BCUT2D eigenvalue weighted by Gasteiger charge is 2.35. The van der Waals surface area contributed by atoms with Crippen molar-refractivity contribution in [3.63, 3.8) is 0 Å². The molecule has 0 radical (unpaired) electrons. The number of halogens is 2. The Balaban J connectivity index is 1.65. The fourth-order valence-corrected chi connectivity index (χ4v) is 3.02. The number of thioether (sulfide) groups is 1. The molecule has 1 heterocycles. The summed E-state index contributed by atoms with van der Waals surface area (Å²) in [4.78, 5) is 16.2. The molecular formula is C15H16F2N4OS. The van der Waals surface area contributed by atoms with Gasteiger partial charge in [-0.3, -0.25) is 9.89 Å². The lowest BCUT2D eigenvalue weighted by molar-refractivity contribution is -0.119. The number of hydrogen-bond donors (Lipinski definition) is 2. The standard InChI is InChI=1S/C15H16F2N4OS/c1-8-18-15(21-20-8)23-7-13(22)19-14(9-2-3-9)11-6-10(16)4-5-12(11)17/h4-6,9,14H,2-3,7H2,1H3,(H,19,22)(H,18,20,21)/t14-/m1/s1. The fourth-order valence-electron chi connectivity index (χ4n) is 2.36. The number of aromatic amines is 1. The third-order valence-electron chi connectivity index (χ3n) is 3.61. The second kappa shape index (κ2) is 6.66. The van der Waals surface area contributed by atoms with Crippen LogP contribution >= 0.6 is 11.8 Å². The Bertz CT molecular complexity index is 717. The number of amides is 1. The van der Waals surface area contributed by atoms with E-state index in [9.17, 15) is 13.6 Å². The van der Waals surface area contributed by atoms with Gasteiger partial charge in [-0.25, -0.2) is 13.8 Å². The summed E-state index contributed by atoms with van der Waals surface area (Å²) in [6.45, 7) is 1.77. The maximum Gasteiger partial charge on any atom is 0.230 e. The number of nitrogens with zero attached hydrogens (tertiary/aromatic N) is 2. The number of hydrogen-bond acceptors (Lipinski definition) is 4. The molecule has 1 aliphatic carbocycles. The molecule has 1 saturated carbocycles. The minimum Gasteiger partial charge on any atom is -0.348 e. The molecule has 0 saturated heterocycles. The number of aryl methyl sites for hydroxylation is 1. The van der Waals surface area contributed by atoms with E-state index in [0.29, 0.717) is 11.0 Å². The lowest BCUT2D eigenvalue weighted by Gasteiger charge is -2.19. The number of carbonyl (C=O) groups excluding carboxylic acids is 1. The summed E-state index contributed by atoms with van der Waals surface area (Å²) < 4.78 is 27.4. The van der Waals surface area contributed by atoms with Crippen molar-refractivity contribution in [2.24, 2.45) is 5.92 Å². The van der Waals surface area contributed by atoms with Crippen molar-refractivity contribution < 1.29 is 13.6 Å². The molecule has 2 N–H and O–H groups in total. The molecule has 2 aromatic rings. The van der Waals surface area contributed by atoms with Gasteiger partial charge in [0.15, 0.2) is 0 Å². The first-order valence-corrected chi connectivity index (χ1v) is 8.27. The average Bonchev–Trinajstić information content (AvgIpc) is 3.27. The number of aromatic nitrogens is 3. The van der Waals surface area contributed by atoms with Gasteiger partial charge in [-0.05, 0) is 43.9 Å². The third kappa shape index (κ3) is 4.07. The summed E-state index contributed by atoms with van der Waals surface area (Å²) in [6.07, 6.45) is 1.79. The molecule has 122 valence electrons. The van der Waals surface area contributed by atoms with E-state index in [0.717, 1.165) is 31.0 Å². The minimum atomic E-state index is -0.508. The van der Waals surface area contributed by atoms with Crippen molar-refractivity contribution in [1.82, 2.24) is 20.5 Å². The van der Waals surface area contributed by atoms with Crippen molar-refractivity contribution in [2.45, 2.75) is 31.0 Å². The molecule has 1 aromatic carbocycles. The van der Waals surface area contributed by atoms with Crippen molar-refractivity contribution in [3.05, 3.63) is 41.2 Å². The maximum absolute atomic E-state index is 14.0. The van der Waals surface area contributed by atoms with E-state index in [2.05, 4.69) is 20.5 Å². The van der Waals surface area contributed by atoms with Crippen molar-refractivity contribution in [1.29, 1.82) is 0 Å². The molecule has 23 heavy (non-hydrogen) atoms. The highest BCUT2D eigenvalue weighted by atomic mass is 32.2. The first-order valence-electron chi connectivity index (χ1n) is 7.29. The molecule has 1 fully saturated rings. The van der Waals surface area contributed by atoms with E-state index < -0.39 is 17.7 Å². The van der Waals surface area contributed by atoms with Crippen LogP contribution in [0, 0.1) is 24.5 Å². The SMILES string of the molecule is Cc1nc(SCC(=O)N[C@@H](c2cc(F)ccc2F)C2CC2)n[nH]1. The highest BCUT2D eigenvalue weighted by Crippen LogP contribution is 2.41. The van der Waals surface area contributed by atoms with Gasteiger partial charge in [0, 0.05) is 5.56 Å². The Morgan fingerprint density at radius 3 is 2.91 bits per heavy atom. The van der Waals surface area contributed by atoms with E-state index in [4.69, 9.17) is 0 Å².